The Morgan fingerprint density at radius 3 is 2.83 bits per heavy atom. The summed E-state index contributed by atoms with van der Waals surface area (Å²) in [5, 5.41) is 0. The first-order valence-corrected chi connectivity index (χ1v) is 9.92. The summed E-state index contributed by atoms with van der Waals surface area (Å²) in [6.45, 7) is 1.24. The van der Waals surface area contributed by atoms with E-state index in [1.165, 1.54) is 0 Å². The maximum atomic E-state index is 13.5. The van der Waals surface area contributed by atoms with Crippen molar-refractivity contribution in [1.29, 1.82) is 0 Å². The van der Waals surface area contributed by atoms with Gasteiger partial charge in [0, 0.05) is 25.6 Å². The van der Waals surface area contributed by atoms with Gasteiger partial charge in [0.25, 0.3) is 5.91 Å². The molecule has 2 bridgehead atoms. The van der Waals surface area contributed by atoms with Gasteiger partial charge < -0.3 is 28.7 Å². The van der Waals surface area contributed by atoms with Crippen molar-refractivity contribution < 1.29 is 28.5 Å². The molecule has 0 N–H and O–H groups in total. The van der Waals surface area contributed by atoms with Crippen LogP contribution >= 0.6 is 0 Å². The van der Waals surface area contributed by atoms with Crippen LogP contribution in [0.15, 0.2) is 42.5 Å². The van der Waals surface area contributed by atoms with Gasteiger partial charge in [-0.25, -0.2) is 0 Å². The molecule has 1 fully saturated rings. The second-order valence-electron chi connectivity index (χ2n) is 7.47. The van der Waals surface area contributed by atoms with E-state index in [1.54, 1.807) is 35.1 Å². The average Bonchev–Trinajstić information content (AvgIpc) is 3.40. The lowest BCUT2D eigenvalue weighted by atomic mass is 10.1. The number of carbonyl (C=O) groups is 2. The number of rotatable bonds is 4. The fourth-order valence-electron chi connectivity index (χ4n) is 4.21. The van der Waals surface area contributed by atoms with Gasteiger partial charge >= 0.3 is 0 Å². The molecule has 8 nitrogen and oxygen atoms in total. The van der Waals surface area contributed by atoms with Crippen molar-refractivity contribution in [3.63, 3.8) is 0 Å². The van der Waals surface area contributed by atoms with Gasteiger partial charge in [0.2, 0.25) is 12.7 Å². The number of ether oxygens (including phenoxy) is 4. The van der Waals surface area contributed by atoms with Crippen molar-refractivity contribution in [3.8, 4) is 17.2 Å². The number of likely N-dealkylation sites (tertiary alicyclic amines) is 1. The second-order valence-corrected chi connectivity index (χ2v) is 7.47. The topological polar surface area (TPSA) is 77.5 Å². The number of amides is 2. The van der Waals surface area contributed by atoms with Gasteiger partial charge in [0.05, 0.1) is 18.8 Å². The van der Waals surface area contributed by atoms with Gasteiger partial charge in [0.15, 0.2) is 11.5 Å². The molecule has 0 aliphatic carbocycles. The lowest BCUT2D eigenvalue weighted by molar-refractivity contribution is -0.122. The third-order valence-corrected chi connectivity index (χ3v) is 5.66. The summed E-state index contributed by atoms with van der Waals surface area (Å²) in [7, 11) is 1.60. The summed E-state index contributed by atoms with van der Waals surface area (Å²) in [5.41, 5.74) is 1.16. The highest BCUT2D eigenvalue weighted by Crippen LogP contribution is 2.37. The minimum atomic E-state index is -0.599. The van der Waals surface area contributed by atoms with Gasteiger partial charge in [0.1, 0.15) is 17.9 Å². The largest absolute Gasteiger partial charge is 0.486 e. The third-order valence-electron chi connectivity index (χ3n) is 5.66. The fraction of sp³-hybridized carbons (Fsp3) is 0.364. The predicted octanol–water partition coefficient (Wildman–Crippen LogP) is 2.07. The van der Waals surface area contributed by atoms with Crippen molar-refractivity contribution in [2.75, 3.05) is 38.5 Å². The second kappa shape index (κ2) is 7.53. The molecule has 0 radical (unpaired) electrons. The average molecular weight is 410 g/mol. The molecule has 2 aromatic carbocycles. The van der Waals surface area contributed by atoms with E-state index < -0.39 is 6.04 Å². The Morgan fingerprint density at radius 1 is 1.13 bits per heavy atom. The van der Waals surface area contributed by atoms with Crippen molar-refractivity contribution in [2.24, 2.45) is 0 Å². The number of methoxy groups -OCH3 is 1. The van der Waals surface area contributed by atoms with Crippen molar-refractivity contribution in [1.82, 2.24) is 4.90 Å². The highest BCUT2D eigenvalue weighted by molar-refractivity contribution is 6.04. The summed E-state index contributed by atoms with van der Waals surface area (Å²) >= 11 is 0. The zero-order valence-corrected chi connectivity index (χ0v) is 16.6. The normalized spacial score (nSPS) is 21.7. The van der Waals surface area contributed by atoms with Crippen LogP contribution in [0.25, 0.3) is 0 Å². The molecule has 1 saturated heterocycles. The van der Waals surface area contributed by atoms with E-state index >= 15 is 0 Å². The number of anilines is 1. The van der Waals surface area contributed by atoms with E-state index in [0.29, 0.717) is 54.6 Å². The first-order chi connectivity index (χ1) is 14.7. The molecule has 0 unspecified atom stereocenters. The molecule has 30 heavy (non-hydrogen) atoms. The fourth-order valence-corrected chi connectivity index (χ4v) is 4.21. The van der Waals surface area contributed by atoms with E-state index in [9.17, 15) is 9.59 Å². The Labute approximate surface area is 173 Å². The van der Waals surface area contributed by atoms with Crippen LogP contribution in [-0.4, -0.2) is 62.5 Å². The number of nitrogens with zero attached hydrogens (tertiary/aromatic N) is 2. The molecular weight excluding hydrogens is 388 g/mol. The summed E-state index contributed by atoms with van der Waals surface area (Å²) in [5.74, 6) is 1.44. The molecular formula is C22H22N2O6. The van der Waals surface area contributed by atoms with E-state index in [1.807, 2.05) is 24.3 Å². The molecule has 2 aromatic rings. The van der Waals surface area contributed by atoms with E-state index in [0.717, 1.165) is 0 Å². The molecule has 0 aromatic heterocycles. The minimum absolute atomic E-state index is 0.126. The Morgan fingerprint density at radius 2 is 1.97 bits per heavy atom. The van der Waals surface area contributed by atoms with Crippen LogP contribution < -0.4 is 19.1 Å². The Kier molecular flexibility index (Phi) is 4.71. The number of hydrogen-bond donors (Lipinski definition) is 0. The van der Waals surface area contributed by atoms with Crippen molar-refractivity contribution >= 4 is 17.5 Å². The Hall–Kier alpha value is -3.26. The lowest BCUT2D eigenvalue weighted by Gasteiger charge is -2.31. The molecule has 2 amide bonds. The maximum absolute atomic E-state index is 13.5. The molecule has 3 aliphatic rings. The molecule has 0 spiro atoms. The molecule has 156 valence electrons. The summed E-state index contributed by atoms with van der Waals surface area (Å²) in [6.07, 6.45) is 0.204. The third kappa shape index (κ3) is 3.13. The van der Waals surface area contributed by atoms with Crippen LogP contribution in [0.3, 0.4) is 0 Å². The Balaban J connectivity index is 1.47. The van der Waals surface area contributed by atoms with Gasteiger partial charge in [-0.05, 0) is 30.3 Å². The monoisotopic (exact) mass is 410 g/mol. The number of para-hydroxylation sites is 2. The molecule has 0 saturated carbocycles. The van der Waals surface area contributed by atoms with E-state index in [2.05, 4.69) is 0 Å². The predicted molar refractivity (Wildman–Crippen MR) is 107 cm³/mol. The number of carbonyl (C=O) groups excluding carboxylic acids is 2. The van der Waals surface area contributed by atoms with Gasteiger partial charge in [-0.2, -0.15) is 0 Å². The molecule has 2 atom stereocenters. The van der Waals surface area contributed by atoms with Crippen LogP contribution in [0.4, 0.5) is 5.69 Å². The van der Waals surface area contributed by atoms with Crippen LogP contribution in [0, 0.1) is 0 Å². The summed E-state index contributed by atoms with van der Waals surface area (Å²) < 4.78 is 22.1. The lowest BCUT2D eigenvalue weighted by Crippen LogP contribution is -2.49. The summed E-state index contributed by atoms with van der Waals surface area (Å²) in [6, 6.07) is 11.9. The van der Waals surface area contributed by atoms with Gasteiger partial charge in [-0.3, -0.25) is 9.59 Å². The van der Waals surface area contributed by atoms with Crippen LogP contribution in [-0.2, 0) is 9.53 Å². The number of benzene rings is 2. The first kappa shape index (κ1) is 18.7. The van der Waals surface area contributed by atoms with Crippen molar-refractivity contribution in [3.05, 3.63) is 48.0 Å². The van der Waals surface area contributed by atoms with Gasteiger partial charge in [-0.15, -0.1) is 0 Å². The molecule has 3 aliphatic heterocycles. The molecule has 8 heteroatoms. The summed E-state index contributed by atoms with van der Waals surface area (Å²) in [4.78, 5) is 30.1. The molecule has 3 heterocycles. The molecule has 5 rings (SSSR count). The Bertz CT molecular complexity index is 993. The smallest absolute Gasteiger partial charge is 0.254 e. The van der Waals surface area contributed by atoms with Crippen molar-refractivity contribution in [2.45, 2.75) is 18.6 Å². The van der Waals surface area contributed by atoms with Crippen LogP contribution in [0.5, 0.6) is 17.2 Å². The van der Waals surface area contributed by atoms with E-state index in [-0.39, 0.29) is 24.7 Å². The SMILES string of the molecule is COCCN1C(=O)[C@@H]2C[C@@H](CN2C(=O)c2ccc3c(c2)OCO3)Oc2ccccc21. The van der Waals surface area contributed by atoms with Gasteiger partial charge in [-0.1, -0.05) is 12.1 Å². The highest BCUT2D eigenvalue weighted by atomic mass is 16.7. The first-order valence-electron chi connectivity index (χ1n) is 9.92. The quantitative estimate of drug-likeness (QED) is 0.768. The number of hydrogen-bond acceptors (Lipinski definition) is 6. The van der Waals surface area contributed by atoms with Crippen LogP contribution in [0.1, 0.15) is 16.8 Å². The highest BCUT2D eigenvalue weighted by Gasteiger charge is 2.45. The van der Waals surface area contributed by atoms with E-state index in [4.69, 9.17) is 18.9 Å². The number of fused-ring (bicyclic) bond motifs is 4. The van der Waals surface area contributed by atoms with Crippen LogP contribution in [0.2, 0.25) is 0 Å². The minimum Gasteiger partial charge on any atom is -0.486 e. The maximum Gasteiger partial charge on any atom is 0.254 e. The zero-order valence-electron chi connectivity index (χ0n) is 16.6. The zero-order chi connectivity index (χ0) is 20.7. The standard InChI is InChI=1S/C22H22N2O6/c1-27-9-8-23-16-4-2-3-5-18(16)30-15-11-17(22(23)26)24(12-15)21(25)14-6-7-19-20(10-14)29-13-28-19/h2-7,10,15,17H,8-9,11-13H2,1H3/t15-,17-/m0/s1.